The van der Waals surface area contributed by atoms with Gasteiger partial charge in [0.05, 0.1) is 6.04 Å². The Hall–Kier alpha value is -2.16. The quantitative estimate of drug-likeness (QED) is 0.689. The van der Waals surface area contributed by atoms with Crippen molar-refractivity contribution in [1.82, 2.24) is 15.2 Å². The highest BCUT2D eigenvalue weighted by molar-refractivity contribution is 7.11. The van der Waals surface area contributed by atoms with Crippen molar-refractivity contribution in [1.29, 1.82) is 0 Å². The lowest BCUT2D eigenvalue weighted by molar-refractivity contribution is -0.140. The van der Waals surface area contributed by atoms with Crippen LogP contribution in [0, 0.1) is 0 Å². The minimum atomic E-state index is -1.28. The lowest BCUT2D eigenvalue weighted by Crippen LogP contribution is -2.45. The van der Waals surface area contributed by atoms with Crippen molar-refractivity contribution in [3.05, 3.63) is 16.1 Å². The zero-order chi connectivity index (χ0) is 16.0. The van der Waals surface area contributed by atoms with Gasteiger partial charge >= 0.3 is 18.0 Å². The van der Waals surface area contributed by atoms with Crippen molar-refractivity contribution < 1.29 is 24.6 Å². The average Bonchev–Trinajstić information content (AvgIpc) is 2.85. The largest absolute Gasteiger partial charge is 0.480 e. The molecule has 0 spiro atoms. The summed E-state index contributed by atoms with van der Waals surface area (Å²) in [5.41, 5.74) is 0. The summed E-state index contributed by atoms with van der Waals surface area (Å²) in [6.45, 7) is 2.34. The normalized spacial score (nSPS) is 11.7. The topological polar surface area (TPSA) is 120 Å². The van der Waals surface area contributed by atoms with Gasteiger partial charge in [0, 0.05) is 11.1 Å². The summed E-state index contributed by atoms with van der Waals surface area (Å²) in [5.74, 6) is -2.55. The molecule has 0 bridgehead atoms. The molecule has 9 heteroatoms. The molecule has 0 saturated heterocycles. The molecule has 0 aliphatic heterocycles. The molecule has 8 nitrogen and oxygen atoms in total. The van der Waals surface area contributed by atoms with Gasteiger partial charge in [-0.25, -0.2) is 9.78 Å². The van der Waals surface area contributed by atoms with E-state index in [4.69, 9.17) is 10.2 Å². The third-order valence-electron chi connectivity index (χ3n) is 2.57. The van der Waals surface area contributed by atoms with Crippen molar-refractivity contribution in [3.63, 3.8) is 0 Å². The number of carbonyl (C=O) groups excluding carboxylic acids is 1. The summed E-state index contributed by atoms with van der Waals surface area (Å²) >= 11 is 1.45. The van der Waals surface area contributed by atoms with E-state index in [9.17, 15) is 14.4 Å². The van der Waals surface area contributed by atoms with Crippen LogP contribution in [0.3, 0.4) is 0 Å². The second kappa shape index (κ2) is 7.58. The maximum atomic E-state index is 11.9. The monoisotopic (exact) mass is 315 g/mol. The Kier molecular flexibility index (Phi) is 6.10. The third-order valence-corrected chi connectivity index (χ3v) is 3.89. The van der Waals surface area contributed by atoms with E-state index in [-0.39, 0.29) is 0 Å². The number of hydrogen-bond acceptors (Lipinski definition) is 5. The van der Waals surface area contributed by atoms with Crippen LogP contribution in [0.2, 0.25) is 0 Å². The molecule has 1 aromatic heterocycles. The predicted octanol–water partition coefficient (Wildman–Crippen LogP) is 0.947. The lowest BCUT2D eigenvalue weighted by Gasteiger charge is -2.21. The second-order valence-electron chi connectivity index (χ2n) is 4.33. The molecule has 0 radical (unpaired) electrons. The molecule has 116 valence electrons. The van der Waals surface area contributed by atoms with Crippen LogP contribution in [0.1, 0.15) is 29.8 Å². The van der Waals surface area contributed by atoms with Crippen molar-refractivity contribution in [2.45, 2.75) is 26.3 Å². The van der Waals surface area contributed by atoms with Gasteiger partial charge in [-0.3, -0.25) is 9.59 Å². The van der Waals surface area contributed by atoms with E-state index >= 15 is 0 Å². The van der Waals surface area contributed by atoms with Gasteiger partial charge < -0.3 is 20.4 Å². The number of carboxylic acid groups (broad SMARTS) is 2. The van der Waals surface area contributed by atoms with E-state index in [1.807, 2.05) is 6.92 Å². The van der Waals surface area contributed by atoms with Crippen LogP contribution in [0.25, 0.3) is 0 Å². The van der Waals surface area contributed by atoms with Crippen molar-refractivity contribution in [2.24, 2.45) is 0 Å². The standard InChI is InChI=1S/C12H17N3O5S/c1-3-8-4-13-11(21-8)7(2)14-12(20)15(5-9(16)17)6-10(18)19/h4,7H,3,5-6H2,1-2H3,(H,14,20)(H,16,17)(H,18,19). The number of hydrogen-bond donors (Lipinski definition) is 3. The molecule has 1 heterocycles. The fourth-order valence-corrected chi connectivity index (χ4v) is 2.41. The van der Waals surface area contributed by atoms with Gasteiger partial charge in [-0.1, -0.05) is 6.92 Å². The summed E-state index contributed by atoms with van der Waals surface area (Å²) in [5, 5.41) is 20.7. The van der Waals surface area contributed by atoms with E-state index in [1.54, 1.807) is 13.1 Å². The van der Waals surface area contributed by atoms with Gasteiger partial charge in [-0.05, 0) is 13.3 Å². The molecular weight excluding hydrogens is 298 g/mol. The molecular formula is C12H17N3O5S. The maximum Gasteiger partial charge on any atom is 0.323 e. The molecule has 0 fully saturated rings. The summed E-state index contributed by atoms with van der Waals surface area (Å²) in [6.07, 6.45) is 2.55. The SMILES string of the molecule is CCc1cnc(C(C)NC(=O)N(CC(=O)O)CC(=O)O)s1. The molecule has 1 atom stereocenters. The number of aromatic nitrogens is 1. The third kappa shape index (κ3) is 5.38. The predicted molar refractivity (Wildman–Crippen MR) is 75.3 cm³/mol. The summed E-state index contributed by atoms with van der Waals surface area (Å²) in [4.78, 5) is 39.2. The van der Waals surface area contributed by atoms with Crippen molar-refractivity contribution in [3.8, 4) is 0 Å². The van der Waals surface area contributed by atoms with E-state index in [2.05, 4.69) is 10.3 Å². The number of amides is 2. The molecule has 0 aliphatic carbocycles. The maximum absolute atomic E-state index is 11.9. The average molecular weight is 315 g/mol. The Morgan fingerprint density at radius 3 is 2.33 bits per heavy atom. The molecule has 0 aliphatic rings. The Bertz CT molecular complexity index is 515. The molecule has 3 N–H and O–H groups in total. The van der Waals surface area contributed by atoms with Gasteiger partial charge in [-0.2, -0.15) is 0 Å². The van der Waals surface area contributed by atoms with Crippen LogP contribution >= 0.6 is 11.3 Å². The minimum Gasteiger partial charge on any atom is -0.480 e. The van der Waals surface area contributed by atoms with Gasteiger partial charge in [0.1, 0.15) is 18.1 Å². The number of carbonyl (C=O) groups is 3. The first kappa shape index (κ1) is 16.9. The zero-order valence-electron chi connectivity index (χ0n) is 11.7. The number of aryl methyl sites for hydroxylation is 1. The van der Waals surface area contributed by atoms with Crippen LogP contribution in [-0.4, -0.2) is 51.2 Å². The zero-order valence-corrected chi connectivity index (χ0v) is 12.5. The van der Waals surface area contributed by atoms with Crippen molar-refractivity contribution >= 4 is 29.3 Å². The molecule has 21 heavy (non-hydrogen) atoms. The van der Waals surface area contributed by atoms with E-state index < -0.39 is 37.1 Å². The Balaban J connectivity index is 2.70. The number of aliphatic carboxylic acids is 2. The van der Waals surface area contributed by atoms with Crippen LogP contribution in [0.15, 0.2) is 6.20 Å². The summed E-state index contributed by atoms with van der Waals surface area (Å²) in [7, 11) is 0. The number of carboxylic acids is 2. The fraction of sp³-hybridized carbons (Fsp3) is 0.500. The van der Waals surface area contributed by atoms with Gasteiger partial charge in [0.25, 0.3) is 0 Å². The highest BCUT2D eigenvalue weighted by Gasteiger charge is 2.22. The highest BCUT2D eigenvalue weighted by atomic mass is 32.1. The molecule has 0 saturated carbocycles. The van der Waals surface area contributed by atoms with Crippen LogP contribution < -0.4 is 5.32 Å². The number of thiazole rings is 1. The van der Waals surface area contributed by atoms with E-state index in [1.165, 1.54) is 11.3 Å². The first-order valence-electron chi connectivity index (χ1n) is 6.27. The molecule has 1 unspecified atom stereocenters. The second-order valence-corrected chi connectivity index (χ2v) is 5.48. The molecule has 1 rings (SSSR count). The Morgan fingerprint density at radius 1 is 1.33 bits per heavy atom. The number of rotatable bonds is 7. The molecule has 1 aromatic rings. The number of urea groups is 1. The van der Waals surface area contributed by atoms with Gasteiger partial charge in [-0.15, -0.1) is 11.3 Å². The van der Waals surface area contributed by atoms with Crippen LogP contribution in [0.4, 0.5) is 4.79 Å². The number of nitrogens with zero attached hydrogens (tertiary/aromatic N) is 2. The number of nitrogens with one attached hydrogen (secondary N) is 1. The minimum absolute atomic E-state index is 0.423. The first-order chi connectivity index (χ1) is 9.83. The lowest BCUT2D eigenvalue weighted by atomic mass is 10.3. The Morgan fingerprint density at radius 2 is 1.90 bits per heavy atom. The molecule has 0 aromatic carbocycles. The van der Waals surface area contributed by atoms with Gasteiger partial charge in [0.2, 0.25) is 0 Å². The van der Waals surface area contributed by atoms with Gasteiger partial charge in [0.15, 0.2) is 0 Å². The fourth-order valence-electron chi connectivity index (χ4n) is 1.55. The molecule has 2 amide bonds. The summed E-state index contributed by atoms with van der Waals surface area (Å²) < 4.78 is 0. The highest BCUT2D eigenvalue weighted by Crippen LogP contribution is 2.20. The van der Waals surface area contributed by atoms with E-state index in [0.29, 0.717) is 5.01 Å². The van der Waals surface area contributed by atoms with E-state index in [0.717, 1.165) is 16.2 Å². The van der Waals surface area contributed by atoms with Crippen LogP contribution in [0.5, 0.6) is 0 Å². The van der Waals surface area contributed by atoms with Crippen molar-refractivity contribution in [2.75, 3.05) is 13.1 Å². The Labute approximate surface area is 125 Å². The smallest absolute Gasteiger partial charge is 0.323 e. The first-order valence-corrected chi connectivity index (χ1v) is 7.08. The summed E-state index contributed by atoms with van der Waals surface area (Å²) in [6, 6.07) is -1.17. The van der Waals surface area contributed by atoms with Crippen LogP contribution in [-0.2, 0) is 16.0 Å².